The minimum atomic E-state index is -0.434. The van der Waals surface area contributed by atoms with E-state index in [1.165, 1.54) is 17.8 Å². The van der Waals surface area contributed by atoms with Crippen LogP contribution in [0.3, 0.4) is 0 Å². The van der Waals surface area contributed by atoms with E-state index in [1.54, 1.807) is 30.3 Å². The Morgan fingerprint density at radius 3 is 2.50 bits per heavy atom. The van der Waals surface area contributed by atoms with Crippen molar-refractivity contribution in [3.05, 3.63) is 101 Å². The minimum absolute atomic E-state index is 0.0463. The van der Waals surface area contributed by atoms with Gasteiger partial charge in [0.15, 0.2) is 22.5 Å². The number of thioether (sulfide) groups is 1. The topological polar surface area (TPSA) is 78.9 Å². The maximum atomic E-state index is 14.0. The SMILES string of the molecule is Fc1ccccc1OCc1nnc(SCc2nc(-c3ccc(Cl)cc3)no2)n1-c1ccccc1. The molecule has 0 saturated carbocycles. The first kappa shape index (κ1) is 22.1. The van der Waals surface area contributed by atoms with Crippen molar-refractivity contribution in [2.45, 2.75) is 17.5 Å². The summed E-state index contributed by atoms with van der Waals surface area (Å²) in [6, 6.07) is 23.1. The van der Waals surface area contributed by atoms with E-state index in [2.05, 4.69) is 20.3 Å². The van der Waals surface area contributed by atoms with Gasteiger partial charge in [0.1, 0.15) is 6.61 Å². The molecule has 0 saturated heterocycles. The molecule has 2 aromatic heterocycles. The van der Waals surface area contributed by atoms with Gasteiger partial charge in [-0.3, -0.25) is 4.57 Å². The quantitative estimate of drug-likeness (QED) is 0.246. The molecule has 0 fully saturated rings. The molecule has 0 aliphatic rings. The number of halogens is 2. The number of rotatable bonds is 8. The fourth-order valence-electron chi connectivity index (χ4n) is 3.18. The van der Waals surface area contributed by atoms with Crippen LogP contribution in [-0.2, 0) is 12.4 Å². The van der Waals surface area contributed by atoms with Gasteiger partial charge in [-0.05, 0) is 48.5 Å². The molecular weight excluding hydrogens is 477 g/mol. The number of ether oxygens (including phenoxy) is 1. The molecule has 2 heterocycles. The average Bonchev–Trinajstić information content (AvgIpc) is 3.50. The Balaban J connectivity index is 1.35. The first-order valence-corrected chi connectivity index (χ1v) is 11.6. The fourth-order valence-corrected chi connectivity index (χ4v) is 4.12. The van der Waals surface area contributed by atoms with E-state index in [-0.39, 0.29) is 12.4 Å². The Morgan fingerprint density at radius 1 is 0.941 bits per heavy atom. The lowest BCUT2D eigenvalue weighted by Gasteiger charge is -2.11. The molecule has 0 unspecified atom stereocenters. The summed E-state index contributed by atoms with van der Waals surface area (Å²) in [5, 5.41) is 13.9. The first-order chi connectivity index (χ1) is 16.7. The van der Waals surface area contributed by atoms with E-state index in [1.807, 2.05) is 47.0 Å². The van der Waals surface area contributed by atoms with Crippen molar-refractivity contribution in [1.82, 2.24) is 24.9 Å². The zero-order valence-corrected chi connectivity index (χ0v) is 19.2. The van der Waals surface area contributed by atoms with Crippen LogP contribution in [0.4, 0.5) is 4.39 Å². The van der Waals surface area contributed by atoms with Gasteiger partial charge in [-0.1, -0.05) is 58.9 Å². The maximum absolute atomic E-state index is 14.0. The molecule has 0 amide bonds. The second kappa shape index (κ2) is 10.1. The minimum Gasteiger partial charge on any atom is -0.483 e. The number of aromatic nitrogens is 5. The summed E-state index contributed by atoms with van der Waals surface area (Å²) in [5.74, 6) is 1.57. The van der Waals surface area contributed by atoms with Crippen LogP contribution in [0.15, 0.2) is 88.5 Å². The number of hydrogen-bond donors (Lipinski definition) is 0. The van der Waals surface area contributed by atoms with Crippen molar-refractivity contribution in [3.8, 4) is 22.8 Å². The van der Waals surface area contributed by atoms with Crippen LogP contribution in [0.25, 0.3) is 17.1 Å². The van der Waals surface area contributed by atoms with Gasteiger partial charge in [0.25, 0.3) is 0 Å². The van der Waals surface area contributed by atoms with Crippen molar-refractivity contribution >= 4 is 23.4 Å². The van der Waals surface area contributed by atoms with Crippen molar-refractivity contribution in [2.24, 2.45) is 0 Å². The molecule has 0 spiro atoms. The summed E-state index contributed by atoms with van der Waals surface area (Å²) >= 11 is 7.34. The number of hydrogen-bond acceptors (Lipinski definition) is 7. The zero-order valence-electron chi connectivity index (χ0n) is 17.6. The largest absolute Gasteiger partial charge is 0.483 e. The van der Waals surface area contributed by atoms with Crippen LogP contribution >= 0.6 is 23.4 Å². The Kier molecular flexibility index (Phi) is 6.55. The van der Waals surface area contributed by atoms with E-state index in [0.717, 1.165) is 11.3 Å². The molecule has 7 nitrogen and oxygen atoms in total. The number of para-hydroxylation sites is 2. The number of benzene rings is 3. The van der Waals surface area contributed by atoms with Gasteiger partial charge in [-0.25, -0.2) is 4.39 Å². The predicted octanol–water partition coefficient (Wildman–Crippen LogP) is 5.98. The van der Waals surface area contributed by atoms with Gasteiger partial charge >= 0.3 is 0 Å². The monoisotopic (exact) mass is 493 g/mol. The van der Waals surface area contributed by atoms with Crippen LogP contribution < -0.4 is 4.74 Å². The van der Waals surface area contributed by atoms with Gasteiger partial charge in [-0.2, -0.15) is 4.98 Å². The molecule has 0 bridgehead atoms. The highest BCUT2D eigenvalue weighted by Crippen LogP contribution is 2.27. The zero-order chi connectivity index (χ0) is 23.3. The average molecular weight is 494 g/mol. The molecule has 170 valence electrons. The molecule has 0 aliphatic heterocycles. The molecule has 10 heteroatoms. The van der Waals surface area contributed by atoms with E-state index in [9.17, 15) is 4.39 Å². The summed E-state index contributed by atoms with van der Waals surface area (Å²) in [7, 11) is 0. The van der Waals surface area contributed by atoms with Gasteiger partial charge in [0.05, 0.1) is 5.75 Å². The van der Waals surface area contributed by atoms with Crippen molar-refractivity contribution in [1.29, 1.82) is 0 Å². The molecule has 0 aliphatic carbocycles. The lowest BCUT2D eigenvalue weighted by molar-refractivity contribution is 0.278. The molecule has 5 aromatic rings. The summed E-state index contributed by atoms with van der Waals surface area (Å²) < 4.78 is 26.9. The molecular formula is C24H17ClFN5O2S. The van der Waals surface area contributed by atoms with E-state index in [4.69, 9.17) is 20.9 Å². The van der Waals surface area contributed by atoms with Crippen molar-refractivity contribution in [2.75, 3.05) is 0 Å². The first-order valence-electron chi connectivity index (χ1n) is 10.3. The molecule has 0 atom stereocenters. The second-order valence-electron chi connectivity index (χ2n) is 7.10. The highest BCUT2D eigenvalue weighted by Gasteiger charge is 2.17. The standard InChI is InChI=1S/C24H17ClFN5O2S/c25-17-12-10-16(11-13-17)23-27-22(33-30-23)15-34-24-29-28-21(31(24)18-6-2-1-3-7-18)14-32-20-9-5-4-8-19(20)26/h1-13H,14-15H2. The smallest absolute Gasteiger partial charge is 0.237 e. The third kappa shape index (κ3) is 4.95. The third-order valence-corrected chi connectivity index (χ3v) is 5.97. The summed E-state index contributed by atoms with van der Waals surface area (Å²) in [4.78, 5) is 4.45. The van der Waals surface area contributed by atoms with E-state index in [0.29, 0.717) is 33.5 Å². The fraction of sp³-hybridized carbons (Fsp3) is 0.0833. The molecule has 3 aromatic carbocycles. The molecule has 0 radical (unpaired) electrons. The van der Waals surface area contributed by atoms with Crippen molar-refractivity contribution < 1.29 is 13.7 Å². The van der Waals surface area contributed by atoms with Gasteiger partial charge in [0, 0.05) is 16.3 Å². The lowest BCUT2D eigenvalue weighted by atomic mass is 10.2. The molecule has 0 N–H and O–H groups in total. The predicted molar refractivity (Wildman–Crippen MR) is 126 cm³/mol. The van der Waals surface area contributed by atoms with Gasteiger partial charge in [-0.15, -0.1) is 10.2 Å². The Morgan fingerprint density at radius 2 is 1.71 bits per heavy atom. The molecule has 5 rings (SSSR count). The van der Waals surface area contributed by atoms with Gasteiger partial charge in [0.2, 0.25) is 11.7 Å². The van der Waals surface area contributed by atoms with Crippen LogP contribution in [0.5, 0.6) is 5.75 Å². The highest BCUT2D eigenvalue weighted by molar-refractivity contribution is 7.98. The highest BCUT2D eigenvalue weighted by atomic mass is 35.5. The van der Waals surface area contributed by atoms with Crippen LogP contribution in [0.1, 0.15) is 11.7 Å². The Bertz CT molecular complexity index is 1390. The summed E-state index contributed by atoms with van der Waals surface area (Å²) in [6.07, 6.45) is 0. The Labute approximate surface area is 203 Å². The van der Waals surface area contributed by atoms with Crippen LogP contribution in [0.2, 0.25) is 5.02 Å². The Hall–Kier alpha value is -3.69. The number of nitrogens with zero attached hydrogens (tertiary/aromatic N) is 5. The molecule has 34 heavy (non-hydrogen) atoms. The van der Waals surface area contributed by atoms with Crippen LogP contribution in [-0.4, -0.2) is 24.9 Å². The third-order valence-electron chi connectivity index (χ3n) is 4.80. The normalized spacial score (nSPS) is 11.0. The lowest BCUT2D eigenvalue weighted by Crippen LogP contribution is -2.07. The van der Waals surface area contributed by atoms with Gasteiger partial charge < -0.3 is 9.26 Å². The van der Waals surface area contributed by atoms with E-state index >= 15 is 0 Å². The van der Waals surface area contributed by atoms with E-state index < -0.39 is 5.82 Å². The van der Waals surface area contributed by atoms with Crippen molar-refractivity contribution in [3.63, 3.8) is 0 Å². The summed E-state index contributed by atoms with van der Waals surface area (Å²) in [6.45, 7) is 0.0463. The second-order valence-corrected chi connectivity index (χ2v) is 8.48. The maximum Gasteiger partial charge on any atom is 0.237 e. The summed E-state index contributed by atoms with van der Waals surface area (Å²) in [5.41, 5.74) is 1.67. The van der Waals surface area contributed by atoms with Crippen LogP contribution in [0, 0.1) is 5.82 Å².